The van der Waals surface area contributed by atoms with Crippen LogP contribution in [0.3, 0.4) is 0 Å². The van der Waals surface area contributed by atoms with E-state index >= 15 is 0 Å². The highest BCUT2D eigenvalue weighted by Gasteiger charge is 2.14. The Bertz CT molecular complexity index is 291. The number of alkyl halides is 1. The molecule has 82 valence electrons. The van der Waals surface area contributed by atoms with Gasteiger partial charge >= 0.3 is 0 Å². The molecule has 0 amide bonds. The van der Waals surface area contributed by atoms with E-state index in [1.165, 1.54) is 0 Å². The van der Waals surface area contributed by atoms with Crippen LogP contribution in [0, 0.1) is 0 Å². The van der Waals surface area contributed by atoms with Gasteiger partial charge in [0.15, 0.2) is 6.29 Å². The van der Waals surface area contributed by atoms with Crippen LogP contribution in [0.15, 0.2) is 24.3 Å². The van der Waals surface area contributed by atoms with Crippen LogP contribution in [0.2, 0.25) is 0 Å². The third-order valence-electron chi connectivity index (χ3n) is 2.48. The number of ether oxygens (including phenoxy) is 2. The largest absolute Gasteiger partial charge is 0.465 e. The van der Waals surface area contributed by atoms with Crippen molar-refractivity contribution in [3.8, 4) is 5.75 Å². The molecule has 0 bridgehead atoms. The molecule has 1 aliphatic heterocycles. The molecule has 0 N–H and O–H groups in total. The molecule has 1 aromatic carbocycles. The van der Waals surface area contributed by atoms with Gasteiger partial charge in [0.1, 0.15) is 12.4 Å². The standard InChI is InChI=1S/C12H15FO2/c13-9-10-4-6-11(7-5-10)15-12-3-1-2-8-14-12/h4-7,12H,1-3,8-9H2. The summed E-state index contributed by atoms with van der Waals surface area (Å²) in [7, 11) is 0. The molecule has 0 radical (unpaired) electrons. The molecular formula is C12H15FO2. The highest BCUT2D eigenvalue weighted by molar-refractivity contribution is 5.26. The third kappa shape index (κ3) is 2.93. The average molecular weight is 210 g/mol. The Morgan fingerprint density at radius 3 is 2.67 bits per heavy atom. The van der Waals surface area contributed by atoms with Crippen LogP contribution < -0.4 is 4.74 Å². The molecule has 1 aromatic rings. The fourth-order valence-corrected chi connectivity index (χ4v) is 1.61. The normalized spacial score (nSPS) is 21.3. The topological polar surface area (TPSA) is 18.5 Å². The first-order valence-electron chi connectivity index (χ1n) is 5.31. The van der Waals surface area contributed by atoms with Crippen molar-refractivity contribution in [1.82, 2.24) is 0 Å². The van der Waals surface area contributed by atoms with E-state index in [0.29, 0.717) is 5.56 Å². The molecule has 0 aliphatic carbocycles. The van der Waals surface area contributed by atoms with E-state index in [-0.39, 0.29) is 6.29 Å². The quantitative estimate of drug-likeness (QED) is 0.763. The van der Waals surface area contributed by atoms with Gasteiger partial charge in [0, 0.05) is 6.42 Å². The molecule has 0 aromatic heterocycles. The molecule has 3 heteroatoms. The van der Waals surface area contributed by atoms with Gasteiger partial charge in [0.25, 0.3) is 0 Å². The number of benzene rings is 1. The molecule has 2 nitrogen and oxygen atoms in total. The molecule has 1 atom stereocenters. The van der Waals surface area contributed by atoms with Crippen molar-refractivity contribution < 1.29 is 13.9 Å². The van der Waals surface area contributed by atoms with E-state index in [2.05, 4.69) is 0 Å². The molecule has 1 saturated heterocycles. The summed E-state index contributed by atoms with van der Waals surface area (Å²) in [6.45, 7) is 0.341. The van der Waals surface area contributed by atoms with Gasteiger partial charge in [-0.3, -0.25) is 0 Å². The van der Waals surface area contributed by atoms with Gasteiger partial charge in [0.05, 0.1) is 6.61 Å². The first kappa shape index (κ1) is 10.4. The Morgan fingerprint density at radius 2 is 2.07 bits per heavy atom. The summed E-state index contributed by atoms with van der Waals surface area (Å²) in [5, 5.41) is 0. The number of halogens is 1. The zero-order valence-corrected chi connectivity index (χ0v) is 8.62. The minimum absolute atomic E-state index is 0.130. The van der Waals surface area contributed by atoms with E-state index in [9.17, 15) is 4.39 Å². The highest BCUT2D eigenvalue weighted by atomic mass is 19.1. The van der Waals surface area contributed by atoms with Crippen molar-refractivity contribution in [3.63, 3.8) is 0 Å². The predicted molar refractivity (Wildman–Crippen MR) is 55.5 cm³/mol. The van der Waals surface area contributed by atoms with Crippen molar-refractivity contribution >= 4 is 0 Å². The van der Waals surface area contributed by atoms with E-state index in [0.717, 1.165) is 31.6 Å². The molecule has 1 fully saturated rings. The van der Waals surface area contributed by atoms with Crippen LogP contribution in [0.5, 0.6) is 5.75 Å². The maximum atomic E-state index is 12.3. The van der Waals surface area contributed by atoms with Crippen molar-refractivity contribution in [3.05, 3.63) is 29.8 Å². The monoisotopic (exact) mass is 210 g/mol. The summed E-state index contributed by atoms with van der Waals surface area (Å²) >= 11 is 0. The lowest BCUT2D eigenvalue weighted by Gasteiger charge is -2.23. The van der Waals surface area contributed by atoms with Gasteiger partial charge in [-0.25, -0.2) is 4.39 Å². The number of hydrogen-bond acceptors (Lipinski definition) is 2. The lowest BCUT2D eigenvalue weighted by Crippen LogP contribution is -2.24. The zero-order chi connectivity index (χ0) is 10.5. The summed E-state index contributed by atoms with van der Waals surface area (Å²) in [6, 6.07) is 7.04. The predicted octanol–water partition coefficient (Wildman–Crippen LogP) is 3.06. The maximum absolute atomic E-state index is 12.3. The summed E-state index contributed by atoms with van der Waals surface area (Å²) < 4.78 is 23.3. The summed E-state index contributed by atoms with van der Waals surface area (Å²) in [5.41, 5.74) is 0.673. The van der Waals surface area contributed by atoms with Crippen LogP contribution in [0.25, 0.3) is 0 Å². The van der Waals surface area contributed by atoms with Crippen molar-refractivity contribution in [2.24, 2.45) is 0 Å². The van der Waals surface area contributed by atoms with Crippen molar-refractivity contribution in [1.29, 1.82) is 0 Å². The molecular weight excluding hydrogens is 195 g/mol. The summed E-state index contributed by atoms with van der Waals surface area (Å²) in [6.07, 6.45) is 3.06. The van der Waals surface area contributed by atoms with E-state index in [4.69, 9.17) is 9.47 Å². The molecule has 2 rings (SSSR count). The smallest absolute Gasteiger partial charge is 0.199 e. The lowest BCUT2D eigenvalue weighted by atomic mass is 10.2. The van der Waals surface area contributed by atoms with Gasteiger partial charge < -0.3 is 9.47 Å². The van der Waals surface area contributed by atoms with E-state index in [1.807, 2.05) is 0 Å². The fourth-order valence-electron chi connectivity index (χ4n) is 1.61. The Labute approximate surface area is 89.0 Å². The van der Waals surface area contributed by atoms with Crippen molar-refractivity contribution in [2.45, 2.75) is 32.2 Å². The van der Waals surface area contributed by atoms with Gasteiger partial charge in [-0.15, -0.1) is 0 Å². The molecule has 1 unspecified atom stereocenters. The first-order valence-corrected chi connectivity index (χ1v) is 5.31. The lowest BCUT2D eigenvalue weighted by molar-refractivity contribution is -0.105. The Morgan fingerprint density at radius 1 is 1.27 bits per heavy atom. The van der Waals surface area contributed by atoms with Crippen LogP contribution >= 0.6 is 0 Å². The number of rotatable bonds is 3. The van der Waals surface area contributed by atoms with Gasteiger partial charge in [-0.2, -0.15) is 0 Å². The second kappa shape index (κ2) is 5.12. The van der Waals surface area contributed by atoms with Gasteiger partial charge in [0.2, 0.25) is 0 Å². The Balaban J connectivity index is 1.91. The zero-order valence-electron chi connectivity index (χ0n) is 8.62. The second-order valence-electron chi connectivity index (χ2n) is 3.69. The molecule has 1 heterocycles. The van der Waals surface area contributed by atoms with Gasteiger partial charge in [-0.05, 0) is 30.5 Å². The Kier molecular flexibility index (Phi) is 3.56. The minimum Gasteiger partial charge on any atom is -0.465 e. The SMILES string of the molecule is FCc1ccc(OC2CCCCO2)cc1. The maximum Gasteiger partial charge on any atom is 0.199 e. The van der Waals surface area contributed by atoms with Crippen LogP contribution in [0.1, 0.15) is 24.8 Å². The van der Waals surface area contributed by atoms with Crippen molar-refractivity contribution in [2.75, 3.05) is 6.61 Å². The highest BCUT2D eigenvalue weighted by Crippen LogP contribution is 2.19. The molecule has 0 spiro atoms. The minimum atomic E-state index is -0.430. The average Bonchev–Trinajstić information content (AvgIpc) is 2.31. The van der Waals surface area contributed by atoms with Crippen LogP contribution in [-0.4, -0.2) is 12.9 Å². The van der Waals surface area contributed by atoms with Gasteiger partial charge in [-0.1, -0.05) is 12.1 Å². The fraction of sp³-hybridized carbons (Fsp3) is 0.500. The first-order chi connectivity index (χ1) is 7.38. The summed E-state index contributed by atoms with van der Waals surface area (Å²) in [4.78, 5) is 0. The number of hydrogen-bond donors (Lipinski definition) is 0. The van der Waals surface area contributed by atoms with E-state index < -0.39 is 6.67 Å². The third-order valence-corrected chi connectivity index (χ3v) is 2.48. The van der Waals surface area contributed by atoms with E-state index in [1.54, 1.807) is 24.3 Å². The Hall–Kier alpha value is -1.09. The van der Waals surface area contributed by atoms with Crippen LogP contribution in [0.4, 0.5) is 4.39 Å². The molecule has 15 heavy (non-hydrogen) atoms. The second-order valence-corrected chi connectivity index (χ2v) is 3.69. The molecule has 0 saturated carbocycles. The molecule has 1 aliphatic rings. The van der Waals surface area contributed by atoms with Crippen LogP contribution in [-0.2, 0) is 11.4 Å². The summed E-state index contributed by atoms with van der Waals surface area (Å²) in [5.74, 6) is 0.749.